The Labute approximate surface area is 115 Å². The van der Waals surface area contributed by atoms with Crippen LogP contribution in [0.3, 0.4) is 0 Å². The summed E-state index contributed by atoms with van der Waals surface area (Å²) < 4.78 is 34.6. The molecule has 0 radical (unpaired) electrons. The van der Waals surface area contributed by atoms with Gasteiger partial charge in [-0.15, -0.1) is 0 Å². The van der Waals surface area contributed by atoms with Gasteiger partial charge in [0.25, 0.3) is 6.43 Å². The Hall–Kier alpha value is -1.50. The van der Waals surface area contributed by atoms with Crippen molar-refractivity contribution in [3.8, 4) is 0 Å². The lowest BCUT2D eigenvalue weighted by atomic mass is 10.1. The molecule has 0 bridgehead atoms. The fraction of sp³-hybridized carbons (Fsp3) is 0.429. The smallest absolute Gasteiger partial charge is 0.261 e. The van der Waals surface area contributed by atoms with Crippen LogP contribution in [0.5, 0.6) is 0 Å². The fourth-order valence-electron chi connectivity index (χ4n) is 2.08. The summed E-state index contributed by atoms with van der Waals surface area (Å²) in [5.74, 6) is 6.17. The van der Waals surface area contributed by atoms with E-state index < -0.39 is 13.0 Å². The molecule has 0 saturated heterocycles. The number of para-hydroxylation sites is 1. The third-order valence-electron chi connectivity index (χ3n) is 3.10. The highest BCUT2D eigenvalue weighted by Gasteiger charge is 2.16. The number of hydrazine groups is 1. The second-order valence-corrected chi connectivity index (χ2v) is 4.62. The summed E-state index contributed by atoms with van der Waals surface area (Å²) in [7, 11) is 0. The predicted molar refractivity (Wildman–Crippen MR) is 72.5 cm³/mol. The molecule has 2 aromatic rings. The highest BCUT2D eigenvalue weighted by Crippen LogP contribution is 2.27. The van der Waals surface area contributed by atoms with Gasteiger partial charge in [-0.1, -0.05) is 18.2 Å². The van der Waals surface area contributed by atoms with Crippen LogP contribution in [0.1, 0.15) is 23.8 Å². The number of nitrogens with one attached hydrogen (secondary N) is 1. The average Bonchev–Trinajstić information content (AvgIpc) is 2.84. The SMILES string of the molecule is Cc1cccc2cc(C(CCOCC(F)F)NN)oc12. The lowest BCUT2D eigenvalue weighted by molar-refractivity contribution is 0.0139. The van der Waals surface area contributed by atoms with E-state index in [4.69, 9.17) is 15.0 Å². The Morgan fingerprint density at radius 3 is 2.85 bits per heavy atom. The first kappa shape index (κ1) is 14.9. The van der Waals surface area contributed by atoms with Crippen molar-refractivity contribution in [2.75, 3.05) is 13.2 Å². The zero-order valence-electron chi connectivity index (χ0n) is 11.2. The molecule has 1 heterocycles. The summed E-state index contributed by atoms with van der Waals surface area (Å²) in [6, 6.07) is 7.51. The Morgan fingerprint density at radius 1 is 1.40 bits per heavy atom. The van der Waals surface area contributed by atoms with E-state index in [1.165, 1.54) is 0 Å². The van der Waals surface area contributed by atoms with Gasteiger partial charge in [-0.2, -0.15) is 0 Å². The van der Waals surface area contributed by atoms with Gasteiger partial charge in [0, 0.05) is 12.0 Å². The van der Waals surface area contributed by atoms with E-state index in [0.29, 0.717) is 12.2 Å². The Balaban J connectivity index is 2.04. The highest BCUT2D eigenvalue weighted by molar-refractivity contribution is 5.80. The van der Waals surface area contributed by atoms with Crippen molar-refractivity contribution >= 4 is 11.0 Å². The minimum atomic E-state index is -2.45. The first-order valence-electron chi connectivity index (χ1n) is 6.43. The van der Waals surface area contributed by atoms with Crippen LogP contribution in [0.15, 0.2) is 28.7 Å². The van der Waals surface area contributed by atoms with Crippen molar-refractivity contribution in [2.45, 2.75) is 25.8 Å². The number of furan rings is 1. The number of benzene rings is 1. The molecular formula is C14H18F2N2O2. The quantitative estimate of drug-likeness (QED) is 0.466. The standard InChI is InChI=1S/C14H18F2N2O2/c1-9-3-2-4-10-7-12(20-14(9)10)11(18-17)5-6-19-8-13(15)16/h2-4,7,11,13,18H,5-6,8,17H2,1H3. The summed E-state index contributed by atoms with van der Waals surface area (Å²) in [6.07, 6.45) is -1.99. The molecule has 0 aliphatic carbocycles. The highest BCUT2D eigenvalue weighted by atomic mass is 19.3. The van der Waals surface area contributed by atoms with Crippen molar-refractivity contribution in [3.63, 3.8) is 0 Å². The number of fused-ring (bicyclic) bond motifs is 1. The van der Waals surface area contributed by atoms with Crippen LogP contribution < -0.4 is 11.3 Å². The maximum Gasteiger partial charge on any atom is 0.261 e. The van der Waals surface area contributed by atoms with Gasteiger partial charge in [0.2, 0.25) is 0 Å². The van der Waals surface area contributed by atoms with Gasteiger partial charge in [0.15, 0.2) is 0 Å². The van der Waals surface area contributed by atoms with E-state index in [2.05, 4.69) is 5.43 Å². The van der Waals surface area contributed by atoms with Crippen LogP contribution in [-0.4, -0.2) is 19.6 Å². The van der Waals surface area contributed by atoms with E-state index in [9.17, 15) is 8.78 Å². The number of aryl methyl sites for hydroxylation is 1. The molecule has 110 valence electrons. The van der Waals surface area contributed by atoms with Crippen molar-refractivity contribution in [2.24, 2.45) is 5.84 Å². The van der Waals surface area contributed by atoms with Gasteiger partial charge in [0.1, 0.15) is 18.0 Å². The number of nitrogens with two attached hydrogens (primary N) is 1. The maximum absolute atomic E-state index is 12.0. The van der Waals surface area contributed by atoms with Gasteiger partial charge in [-0.25, -0.2) is 14.2 Å². The molecule has 0 aliphatic heterocycles. The van der Waals surface area contributed by atoms with Crippen LogP contribution in [0.25, 0.3) is 11.0 Å². The summed E-state index contributed by atoms with van der Waals surface area (Å²) >= 11 is 0. The lowest BCUT2D eigenvalue weighted by Crippen LogP contribution is -2.28. The number of ether oxygens (including phenoxy) is 1. The monoisotopic (exact) mass is 284 g/mol. The molecule has 0 saturated carbocycles. The van der Waals surface area contributed by atoms with Crippen molar-refractivity contribution in [3.05, 3.63) is 35.6 Å². The van der Waals surface area contributed by atoms with Gasteiger partial charge < -0.3 is 9.15 Å². The van der Waals surface area contributed by atoms with E-state index >= 15 is 0 Å². The topological polar surface area (TPSA) is 60.4 Å². The van der Waals surface area contributed by atoms with E-state index in [1.54, 1.807) is 0 Å². The van der Waals surface area contributed by atoms with Gasteiger partial charge in [-0.3, -0.25) is 5.84 Å². The molecule has 1 aromatic carbocycles. The third-order valence-corrected chi connectivity index (χ3v) is 3.10. The number of rotatable bonds is 7. The Kier molecular flexibility index (Phi) is 5.05. The summed E-state index contributed by atoms with van der Waals surface area (Å²) in [6.45, 7) is 1.60. The second kappa shape index (κ2) is 6.78. The lowest BCUT2D eigenvalue weighted by Gasteiger charge is -2.13. The minimum Gasteiger partial charge on any atom is -0.459 e. The zero-order chi connectivity index (χ0) is 14.5. The molecule has 6 heteroatoms. The molecule has 4 nitrogen and oxygen atoms in total. The van der Waals surface area contributed by atoms with Gasteiger partial charge in [0.05, 0.1) is 6.04 Å². The molecule has 20 heavy (non-hydrogen) atoms. The van der Waals surface area contributed by atoms with E-state index in [-0.39, 0.29) is 12.6 Å². The molecule has 0 amide bonds. The minimum absolute atomic E-state index is 0.190. The molecule has 0 aliphatic rings. The molecule has 1 aromatic heterocycles. The van der Waals surface area contributed by atoms with E-state index in [1.807, 2.05) is 31.2 Å². The third kappa shape index (κ3) is 3.53. The summed E-state index contributed by atoms with van der Waals surface area (Å²) in [4.78, 5) is 0. The van der Waals surface area contributed by atoms with Crippen molar-refractivity contribution in [1.82, 2.24) is 5.43 Å². The summed E-state index contributed by atoms with van der Waals surface area (Å²) in [5, 5.41) is 0.994. The predicted octanol–water partition coefficient (Wildman–Crippen LogP) is 2.92. The molecular weight excluding hydrogens is 266 g/mol. The molecule has 3 N–H and O–H groups in total. The number of halogens is 2. The van der Waals surface area contributed by atoms with Gasteiger partial charge >= 0.3 is 0 Å². The van der Waals surface area contributed by atoms with E-state index in [0.717, 1.165) is 16.5 Å². The fourth-order valence-corrected chi connectivity index (χ4v) is 2.08. The number of hydrogen-bond donors (Lipinski definition) is 2. The first-order chi connectivity index (χ1) is 9.61. The first-order valence-corrected chi connectivity index (χ1v) is 6.43. The van der Waals surface area contributed by atoms with Crippen LogP contribution >= 0.6 is 0 Å². The molecule has 0 spiro atoms. The molecule has 2 rings (SSSR count). The Bertz CT molecular complexity index is 557. The molecule has 1 atom stereocenters. The van der Waals surface area contributed by atoms with Crippen LogP contribution in [0.2, 0.25) is 0 Å². The maximum atomic E-state index is 12.0. The van der Waals surface area contributed by atoms with Crippen LogP contribution in [-0.2, 0) is 4.74 Å². The zero-order valence-corrected chi connectivity index (χ0v) is 11.2. The van der Waals surface area contributed by atoms with Crippen molar-refractivity contribution in [1.29, 1.82) is 0 Å². The van der Waals surface area contributed by atoms with Crippen molar-refractivity contribution < 1.29 is 17.9 Å². The largest absolute Gasteiger partial charge is 0.459 e. The normalized spacial score (nSPS) is 13.2. The molecule has 0 fully saturated rings. The van der Waals surface area contributed by atoms with Gasteiger partial charge in [-0.05, 0) is 25.0 Å². The average molecular weight is 284 g/mol. The second-order valence-electron chi connectivity index (χ2n) is 4.62. The number of hydrogen-bond acceptors (Lipinski definition) is 4. The Morgan fingerprint density at radius 2 is 2.20 bits per heavy atom. The number of alkyl halides is 2. The van der Waals surface area contributed by atoms with Crippen LogP contribution in [0.4, 0.5) is 8.78 Å². The van der Waals surface area contributed by atoms with Crippen LogP contribution in [0, 0.1) is 6.92 Å². The summed E-state index contributed by atoms with van der Waals surface area (Å²) in [5.41, 5.74) is 4.48. The molecule has 1 unspecified atom stereocenters.